The van der Waals surface area contributed by atoms with Gasteiger partial charge in [-0.05, 0) is 6.07 Å². The summed E-state index contributed by atoms with van der Waals surface area (Å²) in [5.74, 6) is 0.147. The summed E-state index contributed by atoms with van der Waals surface area (Å²) in [6, 6.07) is 1.56. The highest BCUT2D eigenvalue weighted by Crippen LogP contribution is 2.06. The number of aromatic amines is 1. The first-order chi connectivity index (χ1) is 6.16. The van der Waals surface area contributed by atoms with Gasteiger partial charge in [-0.3, -0.25) is 0 Å². The summed E-state index contributed by atoms with van der Waals surface area (Å²) >= 11 is 0. The van der Waals surface area contributed by atoms with E-state index in [1.807, 2.05) is 0 Å². The van der Waals surface area contributed by atoms with E-state index in [4.69, 9.17) is 15.8 Å². The van der Waals surface area contributed by atoms with E-state index >= 15 is 0 Å². The summed E-state index contributed by atoms with van der Waals surface area (Å²) in [5, 5.41) is 18.4. The molecule has 0 aliphatic rings. The second-order valence-corrected chi connectivity index (χ2v) is 2.63. The Labute approximate surface area is 73.6 Å². The lowest BCUT2D eigenvalue weighted by atomic mass is 9.87. The lowest BCUT2D eigenvalue weighted by Gasteiger charge is -1.90. The van der Waals surface area contributed by atoms with Crippen LogP contribution < -0.4 is 11.3 Å². The van der Waals surface area contributed by atoms with Crippen molar-refractivity contribution >= 4 is 29.7 Å². The van der Waals surface area contributed by atoms with Gasteiger partial charge in [-0.25, -0.2) is 4.98 Å². The lowest BCUT2D eigenvalue weighted by Crippen LogP contribution is -2.30. The summed E-state index contributed by atoms with van der Waals surface area (Å²) in [4.78, 5) is 10.3. The highest BCUT2D eigenvalue weighted by molar-refractivity contribution is 6.58. The largest absolute Gasteiger partial charge is 0.505 e. The van der Waals surface area contributed by atoms with Gasteiger partial charge in [-0.15, -0.1) is 0 Å². The number of aromatic nitrogens is 3. The minimum Gasteiger partial charge on any atom is -0.422 e. The van der Waals surface area contributed by atoms with Crippen LogP contribution >= 0.6 is 0 Å². The fourth-order valence-corrected chi connectivity index (χ4v) is 1.09. The Bertz CT molecular complexity index is 441. The molecule has 2 rings (SSSR count). The summed E-state index contributed by atoms with van der Waals surface area (Å²) in [7, 11) is -1.53. The lowest BCUT2D eigenvalue weighted by molar-refractivity contribution is 0.424. The number of nitrogens with one attached hydrogen (secondary N) is 1. The van der Waals surface area contributed by atoms with Crippen molar-refractivity contribution < 1.29 is 10.0 Å². The second kappa shape index (κ2) is 2.72. The van der Waals surface area contributed by atoms with Crippen LogP contribution in [0, 0.1) is 0 Å². The van der Waals surface area contributed by atoms with E-state index in [2.05, 4.69) is 15.0 Å². The Kier molecular flexibility index (Phi) is 1.68. The van der Waals surface area contributed by atoms with Gasteiger partial charge in [0.15, 0.2) is 0 Å². The molecule has 2 aromatic heterocycles. The number of anilines is 1. The average molecular weight is 178 g/mol. The third-order valence-electron chi connectivity index (χ3n) is 1.69. The number of hydrogen-bond donors (Lipinski definition) is 4. The minimum atomic E-state index is -1.53. The molecule has 2 aromatic rings. The van der Waals surface area contributed by atoms with Crippen LogP contribution in [0.3, 0.4) is 0 Å². The van der Waals surface area contributed by atoms with E-state index in [-0.39, 0.29) is 11.5 Å². The van der Waals surface area contributed by atoms with Crippen molar-refractivity contribution in [1.29, 1.82) is 0 Å². The van der Waals surface area contributed by atoms with E-state index in [1.54, 1.807) is 6.07 Å². The molecule has 0 atom stereocenters. The molecule has 7 heteroatoms. The van der Waals surface area contributed by atoms with Crippen LogP contribution in [0.25, 0.3) is 11.0 Å². The molecule has 66 valence electrons. The van der Waals surface area contributed by atoms with E-state index in [0.717, 1.165) is 0 Å². The highest BCUT2D eigenvalue weighted by Gasteiger charge is 2.14. The SMILES string of the molecule is Nc1ncc2cc(B(O)O)[nH]c2n1. The van der Waals surface area contributed by atoms with Gasteiger partial charge in [0.1, 0.15) is 5.65 Å². The quantitative estimate of drug-likeness (QED) is 0.386. The molecule has 0 radical (unpaired) electrons. The topological polar surface area (TPSA) is 108 Å². The normalized spacial score (nSPS) is 10.6. The van der Waals surface area contributed by atoms with Gasteiger partial charge < -0.3 is 20.8 Å². The van der Waals surface area contributed by atoms with Gasteiger partial charge >= 0.3 is 7.12 Å². The maximum Gasteiger partial charge on any atom is 0.505 e. The summed E-state index contributed by atoms with van der Waals surface area (Å²) in [5.41, 5.74) is 6.11. The van der Waals surface area contributed by atoms with E-state index < -0.39 is 7.12 Å². The van der Waals surface area contributed by atoms with E-state index in [0.29, 0.717) is 11.0 Å². The molecule has 0 unspecified atom stereocenters. The summed E-state index contributed by atoms with van der Waals surface area (Å²) in [6.07, 6.45) is 1.51. The Hall–Kier alpha value is -1.60. The average Bonchev–Trinajstić information content (AvgIpc) is 2.46. The molecule has 0 saturated heterocycles. The smallest absolute Gasteiger partial charge is 0.422 e. The van der Waals surface area contributed by atoms with Gasteiger partial charge in [0.2, 0.25) is 5.95 Å². The number of rotatable bonds is 1. The molecule has 0 fully saturated rings. The van der Waals surface area contributed by atoms with E-state index in [9.17, 15) is 0 Å². The predicted octanol–water partition coefficient (Wildman–Crippen LogP) is -1.78. The predicted molar refractivity (Wildman–Crippen MR) is 48.1 cm³/mol. The van der Waals surface area contributed by atoms with Crippen molar-refractivity contribution in [2.45, 2.75) is 0 Å². The first-order valence-corrected chi connectivity index (χ1v) is 3.64. The Balaban J connectivity index is 2.62. The van der Waals surface area contributed by atoms with Crippen molar-refractivity contribution in [3.05, 3.63) is 12.3 Å². The molecule has 0 spiro atoms. The van der Waals surface area contributed by atoms with Gasteiger partial charge in [0, 0.05) is 17.2 Å². The second-order valence-electron chi connectivity index (χ2n) is 2.63. The van der Waals surface area contributed by atoms with Crippen LogP contribution in [-0.2, 0) is 0 Å². The van der Waals surface area contributed by atoms with Crippen LogP contribution in [-0.4, -0.2) is 32.1 Å². The van der Waals surface area contributed by atoms with Crippen LogP contribution in [0.1, 0.15) is 0 Å². The summed E-state index contributed by atoms with van der Waals surface area (Å²) < 4.78 is 0. The first-order valence-electron chi connectivity index (χ1n) is 3.64. The fraction of sp³-hybridized carbons (Fsp3) is 0. The molecule has 0 aliphatic heterocycles. The van der Waals surface area contributed by atoms with Gasteiger partial charge in [-0.2, -0.15) is 4.98 Å². The number of hydrogen-bond acceptors (Lipinski definition) is 5. The van der Waals surface area contributed by atoms with Crippen molar-refractivity contribution in [2.75, 3.05) is 5.73 Å². The molecular formula is C6H7BN4O2. The number of fused-ring (bicyclic) bond motifs is 1. The molecule has 13 heavy (non-hydrogen) atoms. The van der Waals surface area contributed by atoms with Gasteiger partial charge in [-0.1, -0.05) is 0 Å². The molecule has 0 amide bonds. The summed E-state index contributed by atoms with van der Waals surface area (Å²) in [6.45, 7) is 0. The maximum atomic E-state index is 8.84. The fourth-order valence-electron chi connectivity index (χ4n) is 1.09. The number of H-pyrrole nitrogens is 1. The Morgan fingerprint density at radius 2 is 2.23 bits per heavy atom. The molecular weight excluding hydrogens is 171 g/mol. The minimum absolute atomic E-state index is 0.147. The van der Waals surface area contributed by atoms with Crippen LogP contribution in [0.2, 0.25) is 0 Å². The number of nitrogen functional groups attached to an aromatic ring is 1. The zero-order valence-electron chi connectivity index (χ0n) is 6.60. The van der Waals surface area contributed by atoms with Crippen molar-refractivity contribution in [1.82, 2.24) is 15.0 Å². The monoisotopic (exact) mass is 178 g/mol. The molecule has 0 bridgehead atoms. The standard InChI is InChI=1S/C6H7BN4O2/c8-6-9-2-3-1-4(7(12)13)10-5(3)11-6/h1-2,12-13H,(H3,8,9,10,11). The van der Waals surface area contributed by atoms with Crippen molar-refractivity contribution in [3.8, 4) is 0 Å². The number of nitrogens with zero attached hydrogens (tertiary/aromatic N) is 2. The van der Waals surface area contributed by atoms with Crippen LogP contribution in [0.4, 0.5) is 5.95 Å². The number of nitrogens with two attached hydrogens (primary N) is 1. The van der Waals surface area contributed by atoms with Crippen molar-refractivity contribution in [3.63, 3.8) is 0 Å². The zero-order valence-corrected chi connectivity index (χ0v) is 6.60. The maximum absolute atomic E-state index is 8.84. The first kappa shape index (κ1) is 8.02. The molecule has 0 aromatic carbocycles. The Morgan fingerprint density at radius 1 is 1.46 bits per heavy atom. The van der Waals surface area contributed by atoms with E-state index in [1.165, 1.54) is 6.20 Å². The molecule has 5 N–H and O–H groups in total. The van der Waals surface area contributed by atoms with Gasteiger partial charge in [0.25, 0.3) is 0 Å². The third-order valence-corrected chi connectivity index (χ3v) is 1.69. The van der Waals surface area contributed by atoms with Crippen LogP contribution in [0.15, 0.2) is 12.3 Å². The van der Waals surface area contributed by atoms with Crippen LogP contribution in [0.5, 0.6) is 0 Å². The van der Waals surface area contributed by atoms with Crippen molar-refractivity contribution in [2.24, 2.45) is 0 Å². The molecule has 0 aliphatic carbocycles. The van der Waals surface area contributed by atoms with Gasteiger partial charge in [0.05, 0.1) is 0 Å². The third kappa shape index (κ3) is 1.34. The molecule has 2 heterocycles. The zero-order chi connectivity index (χ0) is 9.42. The highest BCUT2D eigenvalue weighted by atomic mass is 16.4. The molecule has 0 saturated carbocycles. The Morgan fingerprint density at radius 3 is 2.92 bits per heavy atom. The molecule has 6 nitrogen and oxygen atoms in total.